The standard InChI is InChI=1S/C12H9N3O2/c13-8-11-4-1-3-10(7-11)5-2-6-17-12(16)9-15-14/h1-5,7,9H,6H2. The Morgan fingerprint density at radius 3 is 3.12 bits per heavy atom. The molecule has 0 fully saturated rings. The van der Waals surface area contributed by atoms with E-state index in [-0.39, 0.29) is 6.61 Å². The maximum atomic E-state index is 10.7. The monoisotopic (exact) mass is 227 g/mol. The molecule has 0 bridgehead atoms. The molecule has 5 nitrogen and oxygen atoms in total. The van der Waals surface area contributed by atoms with Gasteiger partial charge < -0.3 is 10.3 Å². The van der Waals surface area contributed by atoms with Gasteiger partial charge in [-0.2, -0.15) is 10.1 Å². The van der Waals surface area contributed by atoms with Crippen molar-refractivity contribution in [2.45, 2.75) is 0 Å². The van der Waals surface area contributed by atoms with Gasteiger partial charge in [-0.05, 0) is 23.8 Å². The summed E-state index contributed by atoms with van der Waals surface area (Å²) < 4.78 is 4.66. The van der Waals surface area contributed by atoms with Gasteiger partial charge in [-0.15, -0.1) is 0 Å². The summed E-state index contributed by atoms with van der Waals surface area (Å²) in [6.07, 6.45) is 4.02. The van der Waals surface area contributed by atoms with Crippen molar-refractivity contribution in [2.75, 3.05) is 6.61 Å². The van der Waals surface area contributed by atoms with E-state index >= 15 is 0 Å². The van der Waals surface area contributed by atoms with Gasteiger partial charge in [0.1, 0.15) is 6.61 Å². The molecule has 1 aromatic rings. The molecule has 0 spiro atoms. The molecule has 1 rings (SSSR count). The molecule has 0 unspecified atom stereocenters. The van der Waals surface area contributed by atoms with Crippen LogP contribution in [0.1, 0.15) is 11.1 Å². The van der Waals surface area contributed by atoms with E-state index < -0.39 is 5.97 Å². The Balaban J connectivity index is 2.51. The highest BCUT2D eigenvalue weighted by Crippen LogP contribution is 2.05. The Hall–Kier alpha value is -2.70. The maximum Gasteiger partial charge on any atom is 0.413 e. The van der Waals surface area contributed by atoms with E-state index in [1.165, 1.54) is 0 Å². The number of nitriles is 1. The summed E-state index contributed by atoms with van der Waals surface area (Å²) in [6.45, 7) is 0.0711. The third-order valence-corrected chi connectivity index (χ3v) is 1.81. The lowest BCUT2D eigenvalue weighted by Crippen LogP contribution is -2.05. The van der Waals surface area contributed by atoms with Crippen LogP contribution in [0, 0.1) is 11.3 Å². The van der Waals surface area contributed by atoms with Crippen molar-refractivity contribution in [1.29, 1.82) is 5.26 Å². The molecule has 0 heterocycles. The van der Waals surface area contributed by atoms with Crippen molar-refractivity contribution in [1.82, 2.24) is 0 Å². The van der Waals surface area contributed by atoms with E-state index in [1.807, 2.05) is 12.1 Å². The lowest BCUT2D eigenvalue weighted by atomic mass is 10.1. The molecule has 0 saturated heterocycles. The number of benzene rings is 1. The number of carbonyl (C=O) groups excluding carboxylic acids is 1. The number of carbonyl (C=O) groups is 1. The third kappa shape index (κ3) is 4.56. The first-order valence-corrected chi connectivity index (χ1v) is 4.77. The fourth-order valence-electron chi connectivity index (χ4n) is 1.11. The van der Waals surface area contributed by atoms with Crippen molar-refractivity contribution >= 4 is 18.3 Å². The average Bonchev–Trinajstić information content (AvgIpc) is 2.35. The van der Waals surface area contributed by atoms with E-state index in [0.29, 0.717) is 11.8 Å². The number of hydrogen-bond acceptors (Lipinski definition) is 3. The summed E-state index contributed by atoms with van der Waals surface area (Å²) in [5.41, 5.74) is 9.46. The summed E-state index contributed by atoms with van der Waals surface area (Å²) in [7, 11) is 0. The van der Waals surface area contributed by atoms with Crippen LogP contribution < -0.4 is 0 Å². The highest BCUT2D eigenvalue weighted by molar-refractivity contribution is 6.20. The number of ether oxygens (including phenoxy) is 1. The molecule has 5 heteroatoms. The molecule has 0 aliphatic carbocycles. The fourth-order valence-corrected chi connectivity index (χ4v) is 1.11. The van der Waals surface area contributed by atoms with E-state index in [1.54, 1.807) is 30.4 Å². The Morgan fingerprint density at radius 1 is 1.59 bits per heavy atom. The molecule has 0 amide bonds. The molecule has 0 aliphatic heterocycles. The second kappa shape index (κ2) is 6.72. The molecule has 0 atom stereocenters. The predicted octanol–water partition coefficient (Wildman–Crippen LogP) is 1.42. The molecule has 84 valence electrons. The van der Waals surface area contributed by atoms with Gasteiger partial charge in [-0.1, -0.05) is 18.2 Å². The lowest BCUT2D eigenvalue weighted by Gasteiger charge is -1.95. The Morgan fingerprint density at radius 2 is 2.41 bits per heavy atom. The van der Waals surface area contributed by atoms with Crippen molar-refractivity contribution < 1.29 is 14.3 Å². The van der Waals surface area contributed by atoms with Crippen molar-refractivity contribution in [2.24, 2.45) is 0 Å². The van der Waals surface area contributed by atoms with Gasteiger partial charge in [0.05, 0.1) is 11.6 Å². The number of esters is 1. The van der Waals surface area contributed by atoms with Gasteiger partial charge >= 0.3 is 12.2 Å². The molecular formula is C12H9N3O2. The fraction of sp³-hybridized carbons (Fsp3) is 0.0833. The van der Waals surface area contributed by atoms with Crippen LogP contribution >= 0.6 is 0 Å². The largest absolute Gasteiger partial charge is 0.453 e. The number of hydrogen-bond donors (Lipinski definition) is 0. The summed E-state index contributed by atoms with van der Waals surface area (Å²) >= 11 is 0. The molecule has 0 aromatic heterocycles. The molecule has 1 aromatic carbocycles. The van der Waals surface area contributed by atoms with Crippen LogP contribution in [0.25, 0.3) is 11.6 Å². The van der Waals surface area contributed by atoms with Crippen molar-refractivity contribution in [3.8, 4) is 6.07 Å². The van der Waals surface area contributed by atoms with Crippen LogP contribution in [-0.4, -0.2) is 23.6 Å². The van der Waals surface area contributed by atoms with Crippen LogP contribution in [-0.2, 0) is 9.53 Å². The minimum atomic E-state index is -0.720. The van der Waals surface area contributed by atoms with Gasteiger partial charge in [-0.25, -0.2) is 4.79 Å². The smallest absolute Gasteiger partial charge is 0.413 e. The quantitative estimate of drug-likeness (QED) is 0.337. The lowest BCUT2D eigenvalue weighted by molar-refractivity contribution is -0.137. The summed E-state index contributed by atoms with van der Waals surface area (Å²) in [5.74, 6) is -0.720. The zero-order chi connectivity index (χ0) is 12.5. The van der Waals surface area contributed by atoms with Crippen LogP contribution in [0.5, 0.6) is 0 Å². The molecular weight excluding hydrogens is 218 g/mol. The highest BCUT2D eigenvalue weighted by atomic mass is 16.5. The minimum absolute atomic E-state index is 0.0711. The van der Waals surface area contributed by atoms with Gasteiger partial charge in [0.15, 0.2) is 0 Å². The maximum absolute atomic E-state index is 10.7. The van der Waals surface area contributed by atoms with Gasteiger partial charge in [0, 0.05) is 0 Å². The molecule has 17 heavy (non-hydrogen) atoms. The summed E-state index contributed by atoms with van der Waals surface area (Å²) in [6, 6.07) is 9.04. The van der Waals surface area contributed by atoms with Gasteiger partial charge in [0.2, 0.25) is 0 Å². The predicted molar refractivity (Wildman–Crippen MR) is 60.8 cm³/mol. The first-order valence-electron chi connectivity index (χ1n) is 4.77. The SMILES string of the molecule is N#Cc1cccc(C=CCOC(=O)C=[N+]=[N-])c1. The molecule has 0 saturated carbocycles. The Kier molecular flexibility index (Phi) is 4.89. The van der Waals surface area contributed by atoms with Crippen LogP contribution in [0.3, 0.4) is 0 Å². The van der Waals surface area contributed by atoms with Crippen molar-refractivity contribution in [3.63, 3.8) is 0 Å². The normalized spacial score (nSPS) is 9.35. The first-order chi connectivity index (χ1) is 8.26. The number of nitrogens with zero attached hydrogens (tertiary/aromatic N) is 3. The Bertz CT molecular complexity index is 523. The van der Waals surface area contributed by atoms with E-state index in [0.717, 1.165) is 5.56 Å². The summed E-state index contributed by atoms with van der Waals surface area (Å²) in [5, 5.41) is 8.68. The zero-order valence-corrected chi connectivity index (χ0v) is 8.91. The topological polar surface area (TPSA) is 86.5 Å². The zero-order valence-electron chi connectivity index (χ0n) is 8.91. The molecule has 0 aliphatic rings. The minimum Gasteiger partial charge on any atom is -0.453 e. The second-order valence-corrected chi connectivity index (χ2v) is 3.01. The van der Waals surface area contributed by atoms with E-state index in [4.69, 9.17) is 10.8 Å². The van der Waals surface area contributed by atoms with Gasteiger partial charge in [0.25, 0.3) is 0 Å². The molecule has 0 N–H and O–H groups in total. The second-order valence-electron chi connectivity index (χ2n) is 3.01. The molecule has 0 radical (unpaired) electrons. The van der Waals surface area contributed by atoms with Crippen LogP contribution in [0.15, 0.2) is 30.3 Å². The Labute approximate surface area is 98.2 Å². The van der Waals surface area contributed by atoms with E-state index in [2.05, 4.69) is 9.53 Å². The van der Waals surface area contributed by atoms with E-state index in [9.17, 15) is 4.79 Å². The van der Waals surface area contributed by atoms with Crippen molar-refractivity contribution in [3.05, 3.63) is 47.0 Å². The highest BCUT2D eigenvalue weighted by Gasteiger charge is 1.99. The van der Waals surface area contributed by atoms with Gasteiger partial charge in [-0.3, -0.25) is 0 Å². The first kappa shape index (κ1) is 12.4. The number of rotatable bonds is 4. The summed E-state index contributed by atoms with van der Waals surface area (Å²) in [4.78, 5) is 13.3. The average molecular weight is 227 g/mol. The van der Waals surface area contributed by atoms with Crippen LogP contribution in [0.2, 0.25) is 0 Å². The van der Waals surface area contributed by atoms with Crippen LogP contribution in [0.4, 0.5) is 0 Å². The third-order valence-electron chi connectivity index (χ3n) is 1.81.